The quantitative estimate of drug-likeness (QED) is 0.782. The van der Waals surface area contributed by atoms with E-state index in [0.717, 1.165) is 35.0 Å². The van der Waals surface area contributed by atoms with Crippen LogP contribution in [-0.4, -0.2) is 19.3 Å². The molecule has 1 aliphatic carbocycles. The van der Waals surface area contributed by atoms with Gasteiger partial charge in [-0.1, -0.05) is 20.3 Å². The zero-order valence-corrected chi connectivity index (χ0v) is 13.5. The first-order valence-electron chi connectivity index (χ1n) is 7.66. The molecular weight excluding hydrogens is 272 g/mol. The molecule has 0 aliphatic heterocycles. The number of fused-ring (bicyclic) bond motifs is 1. The van der Waals surface area contributed by atoms with Gasteiger partial charge in [-0.05, 0) is 32.1 Å². The van der Waals surface area contributed by atoms with E-state index in [9.17, 15) is 0 Å². The Morgan fingerprint density at radius 3 is 2.75 bits per heavy atom. The van der Waals surface area contributed by atoms with Gasteiger partial charge in [-0.25, -0.2) is 4.98 Å². The zero-order chi connectivity index (χ0) is 14.4. The summed E-state index contributed by atoms with van der Waals surface area (Å²) in [6.07, 6.45) is 4.70. The van der Waals surface area contributed by atoms with Crippen LogP contribution in [0.2, 0.25) is 0 Å². The van der Waals surface area contributed by atoms with E-state index in [1.165, 1.54) is 19.3 Å². The molecule has 2 heterocycles. The van der Waals surface area contributed by atoms with Crippen LogP contribution >= 0.6 is 11.6 Å². The molecule has 0 radical (unpaired) electrons. The van der Waals surface area contributed by atoms with E-state index in [-0.39, 0.29) is 5.38 Å². The second-order valence-electron chi connectivity index (χ2n) is 5.90. The fourth-order valence-electron chi connectivity index (χ4n) is 3.29. The summed E-state index contributed by atoms with van der Waals surface area (Å²) in [7, 11) is 2.01. The predicted octanol–water partition coefficient (Wildman–Crippen LogP) is 3.99. The van der Waals surface area contributed by atoms with Gasteiger partial charge >= 0.3 is 0 Å². The Hall–Kier alpha value is -1.03. The Labute approximate surface area is 125 Å². The standard InChI is InChI=1S/C15H23ClN4/c1-5-7-10-8-12(10)20-14(9(3)16)17-13-11(6-2)18-19(4)15(13)20/h9-10,12H,5-8H2,1-4H3. The molecule has 0 bridgehead atoms. The van der Waals surface area contributed by atoms with Crippen molar-refractivity contribution < 1.29 is 0 Å². The predicted molar refractivity (Wildman–Crippen MR) is 82.2 cm³/mol. The smallest absolute Gasteiger partial charge is 0.158 e. The van der Waals surface area contributed by atoms with E-state index >= 15 is 0 Å². The van der Waals surface area contributed by atoms with Crippen molar-refractivity contribution in [3.05, 3.63) is 11.5 Å². The molecule has 2 aromatic heterocycles. The lowest BCUT2D eigenvalue weighted by molar-refractivity contribution is 0.583. The Balaban J connectivity index is 2.13. The number of rotatable bonds is 5. The fourth-order valence-corrected chi connectivity index (χ4v) is 3.45. The number of aryl methyl sites for hydroxylation is 2. The van der Waals surface area contributed by atoms with Gasteiger partial charge in [-0.15, -0.1) is 11.6 Å². The van der Waals surface area contributed by atoms with Crippen molar-refractivity contribution in [1.82, 2.24) is 19.3 Å². The Morgan fingerprint density at radius 2 is 2.15 bits per heavy atom. The fraction of sp³-hybridized carbons (Fsp3) is 0.733. The van der Waals surface area contributed by atoms with Gasteiger partial charge in [-0.3, -0.25) is 4.68 Å². The van der Waals surface area contributed by atoms with Crippen molar-refractivity contribution in [2.24, 2.45) is 13.0 Å². The zero-order valence-electron chi connectivity index (χ0n) is 12.7. The Morgan fingerprint density at radius 1 is 1.40 bits per heavy atom. The number of halogens is 1. The van der Waals surface area contributed by atoms with Crippen LogP contribution in [0, 0.1) is 5.92 Å². The first-order chi connectivity index (χ1) is 9.58. The Kier molecular flexibility index (Phi) is 3.53. The highest BCUT2D eigenvalue weighted by molar-refractivity contribution is 6.20. The van der Waals surface area contributed by atoms with Crippen molar-refractivity contribution in [1.29, 1.82) is 0 Å². The molecule has 1 fully saturated rings. The first-order valence-corrected chi connectivity index (χ1v) is 8.09. The van der Waals surface area contributed by atoms with Crippen LogP contribution in [0.5, 0.6) is 0 Å². The van der Waals surface area contributed by atoms with Crippen LogP contribution in [0.15, 0.2) is 0 Å². The molecule has 3 rings (SSSR count). The lowest BCUT2D eigenvalue weighted by Crippen LogP contribution is -2.07. The molecule has 1 saturated carbocycles. The van der Waals surface area contributed by atoms with Gasteiger partial charge in [0.15, 0.2) is 5.65 Å². The first kappa shape index (κ1) is 13.9. The van der Waals surface area contributed by atoms with Crippen LogP contribution in [0.25, 0.3) is 11.2 Å². The topological polar surface area (TPSA) is 35.6 Å². The normalized spacial score (nSPS) is 23.4. The lowest BCUT2D eigenvalue weighted by Gasteiger charge is -2.10. The summed E-state index contributed by atoms with van der Waals surface area (Å²) in [5.74, 6) is 1.79. The summed E-state index contributed by atoms with van der Waals surface area (Å²) in [5.41, 5.74) is 3.26. The summed E-state index contributed by atoms with van der Waals surface area (Å²) in [6, 6.07) is 0.566. The van der Waals surface area contributed by atoms with E-state index in [1.54, 1.807) is 0 Å². The largest absolute Gasteiger partial charge is 0.308 e. The maximum absolute atomic E-state index is 6.37. The third-order valence-electron chi connectivity index (χ3n) is 4.33. The number of imidazole rings is 1. The molecule has 3 atom stereocenters. The molecule has 3 unspecified atom stereocenters. The second kappa shape index (κ2) is 5.06. The van der Waals surface area contributed by atoms with Crippen LogP contribution in [0.4, 0.5) is 0 Å². The minimum Gasteiger partial charge on any atom is -0.308 e. The number of aromatic nitrogens is 4. The average molecular weight is 295 g/mol. The molecule has 0 N–H and O–H groups in total. The van der Waals surface area contributed by atoms with E-state index in [2.05, 4.69) is 23.5 Å². The highest BCUT2D eigenvalue weighted by Gasteiger charge is 2.41. The molecule has 20 heavy (non-hydrogen) atoms. The molecule has 4 nitrogen and oxygen atoms in total. The van der Waals surface area contributed by atoms with Crippen molar-refractivity contribution >= 4 is 22.8 Å². The highest BCUT2D eigenvalue weighted by atomic mass is 35.5. The van der Waals surface area contributed by atoms with Crippen molar-refractivity contribution in [2.45, 2.75) is 57.9 Å². The van der Waals surface area contributed by atoms with Gasteiger partial charge in [0.2, 0.25) is 0 Å². The monoisotopic (exact) mass is 294 g/mol. The summed E-state index contributed by atoms with van der Waals surface area (Å²) in [4.78, 5) is 4.81. The van der Waals surface area contributed by atoms with Crippen molar-refractivity contribution in [2.75, 3.05) is 0 Å². The van der Waals surface area contributed by atoms with E-state index in [0.29, 0.717) is 6.04 Å². The third kappa shape index (κ3) is 2.05. The summed E-state index contributed by atoms with van der Waals surface area (Å²) < 4.78 is 4.34. The third-order valence-corrected chi connectivity index (χ3v) is 4.53. The summed E-state index contributed by atoms with van der Waals surface area (Å²) in [6.45, 7) is 6.39. The van der Waals surface area contributed by atoms with E-state index in [4.69, 9.17) is 16.6 Å². The molecule has 2 aromatic rings. The van der Waals surface area contributed by atoms with Gasteiger partial charge in [-0.2, -0.15) is 5.10 Å². The lowest BCUT2D eigenvalue weighted by atomic mass is 10.2. The molecule has 5 heteroatoms. The van der Waals surface area contributed by atoms with Crippen LogP contribution in [0.1, 0.15) is 63.0 Å². The van der Waals surface area contributed by atoms with Crippen molar-refractivity contribution in [3.8, 4) is 0 Å². The molecule has 0 spiro atoms. The van der Waals surface area contributed by atoms with E-state index < -0.39 is 0 Å². The SMILES string of the molecule is CCCC1CC1n1c(C(C)Cl)nc2c(CC)nn(C)c21. The Bertz CT molecular complexity index is 625. The molecular formula is C15H23ClN4. The number of alkyl halides is 1. The van der Waals surface area contributed by atoms with Crippen molar-refractivity contribution in [3.63, 3.8) is 0 Å². The molecule has 1 aliphatic rings. The highest BCUT2D eigenvalue weighted by Crippen LogP contribution is 2.49. The molecule has 0 aromatic carbocycles. The molecule has 0 saturated heterocycles. The maximum Gasteiger partial charge on any atom is 0.158 e. The van der Waals surface area contributed by atoms with E-state index in [1.807, 2.05) is 18.7 Å². The minimum absolute atomic E-state index is 0.0602. The van der Waals surface area contributed by atoms with Crippen LogP contribution < -0.4 is 0 Å². The number of hydrogen-bond donors (Lipinski definition) is 0. The number of hydrogen-bond acceptors (Lipinski definition) is 2. The number of nitrogens with zero attached hydrogens (tertiary/aromatic N) is 4. The van der Waals surface area contributed by atoms with Gasteiger partial charge in [0, 0.05) is 13.1 Å². The minimum atomic E-state index is -0.0602. The van der Waals surface area contributed by atoms with Gasteiger partial charge in [0.25, 0.3) is 0 Å². The van der Waals surface area contributed by atoms with Gasteiger partial charge < -0.3 is 4.57 Å². The summed E-state index contributed by atoms with van der Waals surface area (Å²) in [5, 5.41) is 4.54. The molecule has 0 amide bonds. The van der Waals surface area contributed by atoms with Crippen LogP contribution in [-0.2, 0) is 13.5 Å². The van der Waals surface area contributed by atoms with Gasteiger partial charge in [0.1, 0.15) is 11.3 Å². The second-order valence-corrected chi connectivity index (χ2v) is 6.56. The van der Waals surface area contributed by atoms with Gasteiger partial charge in [0.05, 0.1) is 11.1 Å². The average Bonchev–Trinajstić information content (AvgIpc) is 2.93. The van der Waals surface area contributed by atoms with Crippen LogP contribution in [0.3, 0.4) is 0 Å². The summed E-state index contributed by atoms with van der Waals surface area (Å²) >= 11 is 6.37. The molecule has 110 valence electrons. The maximum atomic E-state index is 6.37.